The highest BCUT2D eigenvalue weighted by Gasteiger charge is 2.12. The first kappa shape index (κ1) is 10.1. The molecule has 1 N–H and O–H groups in total. The molecule has 0 spiro atoms. The standard InChI is InChI=1S/C9H10Br2O/c1-5(2)8-7(12)4-3-6(10)9(8)11/h3-5,12H,1-2H3. The molecular formula is C9H10Br2O. The summed E-state index contributed by atoms with van der Waals surface area (Å²) in [5.74, 6) is 0.664. The predicted octanol–water partition coefficient (Wildman–Crippen LogP) is 4.04. The summed E-state index contributed by atoms with van der Waals surface area (Å²) in [5, 5.41) is 9.54. The van der Waals surface area contributed by atoms with Crippen molar-refractivity contribution < 1.29 is 5.11 Å². The van der Waals surface area contributed by atoms with Gasteiger partial charge in [0.25, 0.3) is 0 Å². The van der Waals surface area contributed by atoms with E-state index in [2.05, 4.69) is 31.9 Å². The van der Waals surface area contributed by atoms with Crippen molar-refractivity contribution in [3.63, 3.8) is 0 Å². The van der Waals surface area contributed by atoms with Gasteiger partial charge in [-0.2, -0.15) is 0 Å². The van der Waals surface area contributed by atoms with E-state index in [1.165, 1.54) is 0 Å². The third kappa shape index (κ3) is 1.83. The molecule has 0 fully saturated rings. The number of phenols is 1. The van der Waals surface area contributed by atoms with Gasteiger partial charge in [0.1, 0.15) is 5.75 Å². The maximum Gasteiger partial charge on any atom is 0.120 e. The van der Waals surface area contributed by atoms with Crippen molar-refractivity contribution in [3.05, 3.63) is 26.6 Å². The zero-order valence-corrected chi connectivity index (χ0v) is 10.1. The molecule has 12 heavy (non-hydrogen) atoms. The first-order valence-corrected chi connectivity index (χ1v) is 5.29. The Balaban J connectivity index is 3.33. The van der Waals surface area contributed by atoms with Gasteiger partial charge in [-0.25, -0.2) is 0 Å². The molecule has 0 atom stereocenters. The van der Waals surface area contributed by atoms with Gasteiger partial charge < -0.3 is 5.11 Å². The SMILES string of the molecule is CC(C)c1c(O)ccc(Br)c1Br. The van der Waals surface area contributed by atoms with Crippen molar-refractivity contribution in [1.82, 2.24) is 0 Å². The number of hydrogen-bond acceptors (Lipinski definition) is 1. The summed E-state index contributed by atoms with van der Waals surface area (Å²) in [5.41, 5.74) is 0.948. The second kappa shape index (κ2) is 3.79. The van der Waals surface area contributed by atoms with E-state index in [0.29, 0.717) is 11.7 Å². The Kier molecular flexibility index (Phi) is 3.18. The van der Waals surface area contributed by atoms with Crippen LogP contribution in [0.1, 0.15) is 25.3 Å². The summed E-state index contributed by atoms with van der Waals surface area (Å²) in [6, 6.07) is 3.52. The minimum atomic E-state index is 0.317. The number of benzene rings is 1. The zero-order valence-electron chi connectivity index (χ0n) is 6.94. The molecule has 1 aromatic rings. The Labute approximate surface area is 89.1 Å². The molecule has 0 aliphatic rings. The first-order chi connectivity index (χ1) is 5.54. The number of phenolic OH excluding ortho intramolecular Hbond substituents is 1. The molecule has 0 radical (unpaired) electrons. The van der Waals surface area contributed by atoms with Crippen molar-refractivity contribution >= 4 is 31.9 Å². The third-order valence-corrected chi connectivity index (χ3v) is 3.73. The van der Waals surface area contributed by atoms with E-state index in [1.807, 2.05) is 19.9 Å². The maximum absolute atomic E-state index is 9.54. The first-order valence-electron chi connectivity index (χ1n) is 3.71. The lowest BCUT2D eigenvalue weighted by molar-refractivity contribution is 0.464. The molecule has 3 heteroatoms. The topological polar surface area (TPSA) is 20.2 Å². The average molecular weight is 294 g/mol. The minimum Gasteiger partial charge on any atom is -0.508 e. The number of rotatable bonds is 1. The second-order valence-corrected chi connectivity index (χ2v) is 4.60. The summed E-state index contributed by atoms with van der Waals surface area (Å²) >= 11 is 6.82. The molecule has 66 valence electrons. The Bertz CT molecular complexity index is 295. The molecule has 0 aliphatic carbocycles. The van der Waals surface area contributed by atoms with Gasteiger partial charge >= 0.3 is 0 Å². The molecule has 0 saturated carbocycles. The lowest BCUT2D eigenvalue weighted by Crippen LogP contribution is -1.90. The smallest absolute Gasteiger partial charge is 0.120 e. The van der Waals surface area contributed by atoms with E-state index in [0.717, 1.165) is 14.5 Å². The minimum absolute atomic E-state index is 0.317. The third-order valence-electron chi connectivity index (χ3n) is 1.69. The number of halogens is 2. The van der Waals surface area contributed by atoms with Crippen LogP contribution < -0.4 is 0 Å². The van der Waals surface area contributed by atoms with Crippen LogP contribution in [-0.2, 0) is 0 Å². The van der Waals surface area contributed by atoms with E-state index in [9.17, 15) is 5.11 Å². The van der Waals surface area contributed by atoms with Gasteiger partial charge in [0.2, 0.25) is 0 Å². The highest BCUT2D eigenvalue weighted by atomic mass is 79.9. The Morgan fingerprint density at radius 3 is 2.25 bits per heavy atom. The van der Waals surface area contributed by atoms with Crippen LogP contribution in [0.5, 0.6) is 5.75 Å². The fraction of sp³-hybridized carbons (Fsp3) is 0.333. The molecular weight excluding hydrogens is 284 g/mol. The van der Waals surface area contributed by atoms with E-state index in [1.54, 1.807) is 6.07 Å². The van der Waals surface area contributed by atoms with Gasteiger partial charge in [0.15, 0.2) is 0 Å². The summed E-state index contributed by atoms with van der Waals surface area (Å²) in [4.78, 5) is 0. The van der Waals surface area contributed by atoms with Gasteiger partial charge in [-0.1, -0.05) is 13.8 Å². The van der Waals surface area contributed by atoms with E-state index >= 15 is 0 Å². The molecule has 0 saturated heterocycles. The van der Waals surface area contributed by atoms with Crippen molar-refractivity contribution in [2.24, 2.45) is 0 Å². The van der Waals surface area contributed by atoms with Crippen molar-refractivity contribution in [3.8, 4) is 5.75 Å². The highest BCUT2D eigenvalue weighted by molar-refractivity contribution is 9.13. The number of aromatic hydroxyl groups is 1. The largest absolute Gasteiger partial charge is 0.508 e. The quantitative estimate of drug-likeness (QED) is 0.828. The van der Waals surface area contributed by atoms with Crippen molar-refractivity contribution in [2.45, 2.75) is 19.8 Å². The molecule has 0 bridgehead atoms. The van der Waals surface area contributed by atoms with Crippen LogP contribution in [0.4, 0.5) is 0 Å². The van der Waals surface area contributed by atoms with Crippen LogP contribution in [0, 0.1) is 0 Å². The molecule has 1 rings (SSSR count). The van der Waals surface area contributed by atoms with Crippen LogP contribution in [0.3, 0.4) is 0 Å². The summed E-state index contributed by atoms with van der Waals surface area (Å²) in [6.07, 6.45) is 0. The monoisotopic (exact) mass is 292 g/mol. The van der Waals surface area contributed by atoms with Crippen LogP contribution in [0.25, 0.3) is 0 Å². The van der Waals surface area contributed by atoms with E-state index in [-0.39, 0.29) is 0 Å². The van der Waals surface area contributed by atoms with Crippen LogP contribution in [-0.4, -0.2) is 5.11 Å². The van der Waals surface area contributed by atoms with E-state index in [4.69, 9.17) is 0 Å². The van der Waals surface area contributed by atoms with Crippen LogP contribution in [0.2, 0.25) is 0 Å². The lowest BCUT2D eigenvalue weighted by Gasteiger charge is -2.11. The molecule has 0 amide bonds. The molecule has 0 aromatic heterocycles. The van der Waals surface area contributed by atoms with Gasteiger partial charge in [-0.05, 0) is 49.9 Å². The van der Waals surface area contributed by atoms with Crippen LogP contribution >= 0.6 is 31.9 Å². The van der Waals surface area contributed by atoms with E-state index < -0.39 is 0 Å². The Morgan fingerprint density at radius 1 is 1.25 bits per heavy atom. The highest BCUT2D eigenvalue weighted by Crippen LogP contribution is 2.37. The van der Waals surface area contributed by atoms with Crippen molar-refractivity contribution in [2.75, 3.05) is 0 Å². The summed E-state index contributed by atoms with van der Waals surface area (Å²) in [7, 11) is 0. The van der Waals surface area contributed by atoms with Gasteiger partial charge in [0.05, 0.1) is 0 Å². The molecule has 0 heterocycles. The molecule has 0 aliphatic heterocycles. The summed E-state index contributed by atoms with van der Waals surface area (Å²) < 4.78 is 1.92. The molecule has 1 aromatic carbocycles. The fourth-order valence-corrected chi connectivity index (χ4v) is 2.24. The normalized spacial score (nSPS) is 10.8. The number of hydrogen-bond donors (Lipinski definition) is 1. The second-order valence-electron chi connectivity index (χ2n) is 2.95. The molecule has 0 unspecified atom stereocenters. The maximum atomic E-state index is 9.54. The van der Waals surface area contributed by atoms with Crippen molar-refractivity contribution in [1.29, 1.82) is 0 Å². The van der Waals surface area contributed by atoms with Gasteiger partial charge in [0, 0.05) is 14.5 Å². The Morgan fingerprint density at radius 2 is 1.83 bits per heavy atom. The predicted molar refractivity (Wildman–Crippen MR) is 57.6 cm³/mol. The zero-order chi connectivity index (χ0) is 9.30. The Hall–Kier alpha value is -0.0200. The van der Waals surface area contributed by atoms with Crippen LogP contribution in [0.15, 0.2) is 21.1 Å². The molecule has 1 nitrogen and oxygen atoms in total. The average Bonchev–Trinajstić information content (AvgIpc) is 1.97. The van der Waals surface area contributed by atoms with Gasteiger partial charge in [-0.3, -0.25) is 0 Å². The summed E-state index contributed by atoms with van der Waals surface area (Å²) in [6.45, 7) is 4.10. The lowest BCUT2D eigenvalue weighted by atomic mass is 10.0. The van der Waals surface area contributed by atoms with Gasteiger partial charge in [-0.15, -0.1) is 0 Å². The fourth-order valence-electron chi connectivity index (χ4n) is 1.11.